The van der Waals surface area contributed by atoms with E-state index >= 15 is 0 Å². The summed E-state index contributed by atoms with van der Waals surface area (Å²) in [6.45, 7) is -1.26. The highest BCUT2D eigenvalue weighted by atomic mass is 19.3. The standard InChI is InChI=1S/C11H12F2N2O/c12-11(13,6-16)10(14)8-5-15-9-4-2-1-3-7(8)9/h1-5,10,15-16H,6,14H2/t10-/m1/s1. The summed E-state index contributed by atoms with van der Waals surface area (Å²) in [6.07, 6.45) is 1.46. The molecule has 2 rings (SSSR count). The van der Waals surface area contributed by atoms with Crippen LogP contribution in [-0.2, 0) is 0 Å². The first kappa shape index (κ1) is 11.0. The maximum Gasteiger partial charge on any atom is 0.289 e. The topological polar surface area (TPSA) is 62.0 Å². The van der Waals surface area contributed by atoms with Crippen molar-refractivity contribution in [2.24, 2.45) is 5.73 Å². The lowest BCUT2D eigenvalue weighted by Crippen LogP contribution is -2.36. The van der Waals surface area contributed by atoms with E-state index < -0.39 is 18.6 Å². The van der Waals surface area contributed by atoms with Gasteiger partial charge in [0.05, 0.1) is 6.04 Å². The summed E-state index contributed by atoms with van der Waals surface area (Å²) in [4.78, 5) is 2.87. The summed E-state index contributed by atoms with van der Waals surface area (Å²) in [5.41, 5.74) is 6.53. The van der Waals surface area contributed by atoms with E-state index in [-0.39, 0.29) is 0 Å². The van der Waals surface area contributed by atoms with E-state index in [4.69, 9.17) is 10.8 Å². The number of nitrogens with two attached hydrogens (primary N) is 1. The maximum atomic E-state index is 13.2. The smallest absolute Gasteiger partial charge is 0.289 e. The lowest BCUT2D eigenvalue weighted by atomic mass is 10.0. The number of benzene rings is 1. The zero-order valence-electron chi connectivity index (χ0n) is 8.45. The Bertz CT molecular complexity index is 495. The van der Waals surface area contributed by atoms with Gasteiger partial charge in [-0.3, -0.25) is 0 Å². The number of aromatic nitrogens is 1. The van der Waals surface area contributed by atoms with Crippen LogP contribution < -0.4 is 5.73 Å². The van der Waals surface area contributed by atoms with Crippen LogP contribution in [0.3, 0.4) is 0 Å². The van der Waals surface area contributed by atoms with Gasteiger partial charge >= 0.3 is 0 Å². The first-order valence-electron chi connectivity index (χ1n) is 4.86. The zero-order valence-corrected chi connectivity index (χ0v) is 8.45. The minimum atomic E-state index is -3.31. The van der Waals surface area contributed by atoms with Gasteiger partial charge in [0.15, 0.2) is 0 Å². The number of rotatable bonds is 3. The summed E-state index contributed by atoms with van der Waals surface area (Å²) >= 11 is 0. The van der Waals surface area contributed by atoms with Gasteiger partial charge < -0.3 is 15.8 Å². The fraction of sp³-hybridized carbons (Fsp3) is 0.273. The van der Waals surface area contributed by atoms with Crippen LogP contribution in [0.25, 0.3) is 10.9 Å². The number of alkyl halides is 2. The number of H-pyrrole nitrogens is 1. The molecule has 0 unspecified atom stereocenters. The molecule has 0 saturated heterocycles. The molecule has 0 amide bonds. The van der Waals surface area contributed by atoms with Gasteiger partial charge in [0.25, 0.3) is 5.92 Å². The number of halogens is 2. The van der Waals surface area contributed by atoms with E-state index in [9.17, 15) is 8.78 Å². The van der Waals surface area contributed by atoms with Crippen molar-refractivity contribution >= 4 is 10.9 Å². The molecule has 0 aliphatic carbocycles. The number of hydrogen-bond acceptors (Lipinski definition) is 2. The highest BCUT2D eigenvalue weighted by Crippen LogP contribution is 2.32. The number of aromatic amines is 1. The van der Waals surface area contributed by atoms with Crippen LogP contribution in [0.2, 0.25) is 0 Å². The molecular formula is C11H12F2N2O. The van der Waals surface area contributed by atoms with E-state index in [0.29, 0.717) is 10.9 Å². The number of para-hydroxylation sites is 1. The second kappa shape index (κ2) is 3.84. The maximum absolute atomic E-state index is 13.2. The van der Waals surface area contributed by atoms with E-state index in [1.54, 1.807) is 24.3 Å². The second-order valence-electron chi connectivity index (χ2n) is 3.69. The van der Waals surface area contributed by atoms with Gasteiger partial charge in [-0.25, -0.2) is 8.78 Å². The lowest BCUT2D eigenvalue weighted by Gasteiger charge is -2.20. The predicted molar refractivity (Wildman–Crippen MR) is 57.3 cm³/mol. The van der Waals surface area contributed by atoms with Crippen molar-refractivity contribution in [2.45, 2.75) is 12.0 Å². The normalized spacial score (nSPS) is 14.2. The molecule has 0 bridgehead atoms. The molecule has 1 atom stereocenters. The number of hydrogen-bond donors (Lipinski definition) is 3. The molecule has 0 fully saturated rings. The van der Waals surface area contributed by atoms with E-state index in [0.717, 1.165) is 5.52 Å². The molecule has 1 aromatic heterocycles. The Balaban J connectivity index is 2.48. The molecule has 0 spiro atoms. The molecule has 1 aromatic carbocycles. The predicted octanol–water partition coefficient (Wildman–Crippen LogP) is 1.80. The minimum absolute atomic E-state index is 0.314. The molecule has 16 heavy (non-hydrogen) atoms. The molecule has 2 aromatic rings. The second-order valence-corrected chi connectivity index (χ2v) is 3.69. The molecule has 86 valence electrons. The van der Waals surface area contributed by atoms with E-state index in [2.05, 4.69) is 4.98 Å². The van der Waals surface area contributed by atoms with Gasteiger partial charge in [-0.1, -0.05) is 18.2 Å². The van der Waals surface area contributed by atoms with Crippen LogP contribution in [0.1, 0.15) is 11.6 Å². The van der Waals surface area contributed by atoms with Crippen LogP contribution in [0.5, 0.6) is 0 Å². The third kappa shape index (κ3) is 1.68. The van der Waals surface area contributed by atoms with Crippen molar-refractivity contribution in [2.75, 3.05) is 6.61 Å². The fourth-order valence-electron chi connectivity index (χ4n) is 1.68. The van der Waals surface area contributed by atoms with Gasteiger partial charge in [-0.2, -0.15) is 0 Å². The van der Waals surface area contributed by atoms with Crippen LogP contribution in [-0.4, -0.2) is 22.6 Å². The summed E-state index contributed by atoms with van der Waals surface area (Å²) in [6, 6.07) is 5.55. The van der Waals surface area contributed by atoms with E-state index in [1.807, 2.05) is 0 Å². The molecule has 5 heteroatoms. The SMILES string of the molecule is N[C@H](c1c[nH]c2ccccc12)C(F)(F)CO. The van der Waals surface area contributed by atoms with Gasteiger partial charge in [-0.05, 0) is 6.07 Å². The zero-order chi connectivity index (χ0) is 11.8. The molecule has 0 aliphatic rings. The average molecular weight is 226 g/mol. The minimum Gasteiger partial charge on any atom is -0.390 e. The van der Waals surface area contributed by atoms with Crippen molar-refractivity contribution in [1.82, 2.24) is 4.98 Å². The Morgan fingerprint density at radius 2 is 2.06 bits per heavy atom. The van der Waals surface area contributed by atoms with Gasteiger partial charge in [-0.15, -0.1) is 0 Å². The van der Waals surface area contributed by atoms with Gasteiger partial charge in [0.2, 0.25) is 0 Å². The Hall–Kier alpha value is -1.46. The highest BCUT2D eigenvalue weighted by Gasteiger charge is 2.38. The number of fused-ring (bicyclic) bond motifs is 1. The summed E-state index contributed by atoms with van der Waals surface area (Å²) < 4.78 is 26.5. The number of aliphatic hydroxyl groups is 1. The molecular weight excluding hydrogens is 214 g/mol. The summed E-state index contributed by atoms with van der Waals surface area (Å²) in [5, 5.41) is 9.25. The Morgan fingerprint density at radius 3 is 2.75 bits per heavy atom. The quantitative estimate of drug-likeness (QED) is 0.747. The van der Waals surface area contributed by atoms with Crippen molar-refractivity contribution in [3.63, 3.8) is 0 Å². The fourth-order valence-corrected chi connectivity index (χ4v) is 1.68. The van der Waals surface area contributed by atoms with Crippen molar-refractivity contribution in [3.8, 4) is 0 Å². The Labute approximate surface area is 90.9 Å². The summed E-state index contributed by atoms with van der Waals surface area (Å²) in [7, 11) is 0. The van der Waals surface area contributed by atoms with Crippen molar-refractivity contribution in [1.29, 1.82) is 0 Å². The first-order valence-corrected chi connectivity index (χ1v) is 4.86. The van der Waals surface area contributed by atoms with Crippen LogP contribution >= 0.6 is 0 Å². The van der Waals surface area contributed by atoms with E-state index in [1.165, 1.54) is 6.20 Å². The van der Waals surface area contributed by atoms with Crippen molar-refractivity contribution < 1.29 is 13.9 Å². The number of nitrogens with one attached hydrogen (secondary N) is 1. The highest BCUT2D eigenvalue weighted by molar-refractivity contribution is 5.83. The molecule has 3 nitrogen and oxygen atoms in total. The first-order chi connectivity index (χ1) is 7.56. The van der Waals surface area contributed by atoms with Crippen LogP contribution in [0.4, 0.5) is 8.78 Å². The van der Waals surface area contributed by atoms with Crippen molar-refractivity contribution in [3.05, 3.63) is 36.0 Å². The monoisotopic (exact) mass is 226 g/mol. The third-order valence-electron chi connectivity index (χ3n) is 2.62. The molecule has 0 saturated carbocycles. The third-order valence-corrected chi connectivity index (χ3v) is 2.62. The Morgan fingerprint density at radius 1 is 1.38 bits per heavy atom. The lowest BCUT2D eigenvalue weighted by molar-refractivity contribution is -0.0708. The number of aliphatic hydroxyl groups excluding tert-OH is 1. The van der Waals surface area contributed by atoms with Gasteiger partial charge in [0.1, 0.15) is 6.61 Å². The average Bonchev–Trinajstić information content (AvgIpc) is 2.71. The summed E-state index contributed by atoms with van der Waals surface area (Å²) in [5.74, 6) is -3.31. The molecule has 0 radical (unpaired) electrons. The molecule has 4 N–H and O–H groups in total. The molecule has 1 heterocycles. The van der Waals surface area contributed by atoms with Crippen LogP contribution in [0, 0.1) is 0 Å². The van der Waals surface area contributed by atoms with Gasteiger partial charge in [0, 0.05) is 22.7 Å². The van der Waals surface area contributed by atoms with Crippen LogP contribution in [0.15, 0.2) is 30.5 Å². The molecule has 0 aliphatic heterocycles. The largest absolute Gasteiger partial charge is 0.390 e. The Kier molecular flexibility index (Phi) is 2.65.